The van der Waals surface area contributed by atoms with Crippen molar-refractivity contribution in [3.05, 3.63) is 52.3 Å². The number of hydrogen-bond acceptors (Lipinski definition) is 3. The number of hydrogen-bond donors (Lipinski definition) is 2. The second kappa shape index (κ2) is 5.41. The van der Waals surface area contributed by atoms with Gasteiger partial charge in [0.2, 0.25) is 0 Å². The van der Waals surface area contributed by atoms with Gasteiger partial charge >= 0.3 is 0 Å². The molecule has 7 heteroatoms. The summed E-state index contributed by atoms with van der Waals surface area (Å²) in [5.74, 6) is -0.463. The summed E-state index contributed by atoms with van der Waals surface area (Å²) in [6.07, 6.45) is 0. The van der Waals surface area contributed by atoms with E-state index in [1.54, 1.807) is 12.1 Å². The number of anilines is 2. The minimum Gasteiger partial charge on any atom is -0.398 e. The quantitative estimate of drug-likeness (QED) is 0.827. The number of nitrogens with two attached hydrogens (primary N) is 1. The summed E-state index contributed by atoms with van der Waals surface area (Å²) in [5.41, 5.74) is 7.00. The van der Waals surface area contributed by atoms with Gasteiger partial charge in [0, 0.05) is 4.47 Å². The van der Waals surface area contributed by atoms with Crippen molar-refractivity contribution in [3.8, 4) is 0 Å². The summed E-state index contributed by atoms with van der Waals surface area (Å²) in [6.45, 7) is 1.82. The Morgan fingerprint density at radius 2 is 1.90 bits per heavy atom. The molecule has 4 nitrogen and oxygen atoms in total. The van der Waals surface area contributed by atoms with E-state index in [-0.39, 0.29) is 16.3 Å². The van der Waals surface area contributed by atoms with E-state index in [0.717, 1.165) is 5.56 Å². The molecule has 2 rings (SSSR count). The van der Waals surface area contributed by atoms with Crippen LogP contribution in [0.2, 0.25) is 0 Å². The molecule has 0 fully saturated rings. The van der Waals surface area contributed by atoms with E-state index in [9.17, 15) is 12.8 Å². The molecule has 0 radical (unpaired) electrons. The van der Waals surface area contributed by atoms with Crippen LogP contribution >= 0.6 is 15.9 Å². The molecule has 0 aliphatic heterocycles. The zero-order valence-electron chi connectivity index (χ0n) is 10.5. The topological polar surface area (TPSA) is 72.2 Å². The van der Waals surface area contributed by atoms with Crippen LogP contribution in [-0.2, 0) is 10.0 Å². The Morgan fingerprint density at radius 1 is 1.20 bits per heavy atom. The van der Waals surface area contributed by atoms with Crippen molar-refractivity contribution < 1.29 is 12.8 Å². The average Bonchev–Trinajstić information content (AvgIpc) is 2.32. The summed E-state index contributed by atoms with van der Waals surface area (Å²) in [4.78, 5) is -0.0145. The van der Waals surface area contributed by atoms with E-state index in [1.165, 1.54) is 24.3 Å². The van der Waals surface area contributed by atoms with Crippen LogP contribution in [-0.4, -0.2) is 8.42 Å². The lowest BCUT2D eigenvalue weighted by Gasteiger charge is -2.12. The minimum absolute atomic E-state index is 0.0145. The minimum atomic E-state index is -3.82. The molecule has 0 spiro atoms. The Morgan fingerprint density at radius 3 is 2.50 bits per heavy atom. The SMILES string of the molecule is Cc1ccc(S(=O)(=O)Nc2ccc(F)cc2Br)c(N)c1. The first-order valence-electron chi connectivity index (χ1n) is 5.63. The van der Waals surface area contributed by atoms with E-state index in [0.29, 0.717) is 4.47 Å². The van der Waals surface area contributed by atoms with Crippen molar-refractivity contribution in [3.63, 3.8) is 0 Å². The molecule has 3 N–H and O–H groups in total. The predicted molar refractivity (Wildman–Crippen MR) is 80.5 cm³/mol. The highest BCUT2D eigenvalue weighted by Gasteiger charge is 2.18. The molecule has 0 amide bonds. The maximum atomic E-state index is 13.0. The second-order valence-electron chi connectivity index (χ2n) is 4.27. The first kappa shape index (κ1) is 14.8. The molecule has 2 aromatic carbocycles. The molecule has 0 aromatic heterocycles. The van der Waals surface area contributed by atoms with Gasteiger partial charge in [-0.15, -0.1) is 0 Å². The Kier molecular flexibility index (Phi) is 4.01. The van der Waals surface area contributed by atoms with Crippen LogP contribution in [0.5, 0.6) is 0 Å². The number of rotatable bonds is 3. The van der Waals surface area contributed by atoms with E-state index >= 15 is 0 Å². The molecular weight excluding hydrogens is 347 g/mol. The summed E-state index contributed by atoms with van der Waals surface area (Å²) in [6, 6.07) is 8.35. The molecule has 0 unspecified atom stereocenters. The zero-order valence-corrected chi connectivity index (χ0v) is 12.9. The lowest BCUT2D eigenvalue weighted by Crippen LogP contribution is -2.15. The smallest absolute Gasteiger partial charge is 0.263 e. The van der Waals surface area contributed by atoms with Crippen LogP contribution < -0.4 is 10.5 Å². The standard InChI is InChI=1S/C13H12BrFN2O2S/c1-8-2-5-13(11(16)6-8)20(18,19)17-12-4-3-9(15)7-10(12)14/h2-7,17H,16H2,1H3. The molecule has 0 aliphatic rings. The Hall–Kier alpha value is -1.60. The molecule has 20 heavy (non-hydrogen) atoms. The van der Waals surface area contributed by atoms with Gasteiger partial charge in [-0.25, -0.2) is 12.8 Å². The van der Waals surface area contributed by atoms with E-state index in [1.807, 2.05) is 6.92 Å². The fourth-order valence-electron chi connectivity index (χ4n) is 1.68. The Labute approximate surface area is 125 Å². The molecule has 106 valence electrons. The van der Waals surface area contributed by atoms with Gasteiger partial charge in [0.05, 0.1) is 11.4 Å². The van der Waals surface area contributed by atoms with Crippen molar-refractivity contribution in [2.45, 2.75) is 11.8 Å². The van der Waals surface area contributed by atoms with Crippen LogP contribution in [0.25, 0.3) is 0 Å². The van der Waals surface area contributed by atoms with Gasteiger partial charge in [-0.1, -0.05) is 6.07 Å². The molecule has 2 aromatic rings. The first-order valence-corrected chi connectivity index (χ1v) is 7.91. The van der Waals surface area contributed by atoms with E-state index in [2.05, 4.69) is 20.7 Å². The van der Waals surface area contributed by atoms with Crippen molar-refractivity contribution >= 4 is 37.3 Å². The number of halogens is 2. The van der Waals surface area contributed by atoms with E-state index < -0.39 is 15.8 Å². The third-order valence-electron chi connectivity index (χ3n) is 2.63. The van der Waals surface area contributed by atoms with Crippen molar-refractivity contribution in [2.24, 2.45) is 0 Å². The number of sulfonamides is 1. The highest BCUT2D eigenvalue weighted by molar-refractivity contribution is 9.10. The largest absolute Gasteiger partial charge is 0.398 e. The summed E-state index contributed by atoms with van der Waals surface area (Å²) >= 11 is 3.10. The molecule has 0 heterocycles. The lowest BCUT2D eigenvalue weighted by atomic mass is 10.2. The Balaban J connectivity index is 2.41. The van der Waals surface area contributed by atoms with Gasteiger partial charge in [-0.3, -0.25) is 4.72 Å². The molecule has 0 aliphatic carbocycles. The van der Waals surface area contributed by atoms with Gasteiger partial charge in [0.25, 0.3) is 10.0 Å². The highest BCUT2D eigenvalue weighted by Crippen LogP contribution is 2.27. The number of nitrogens with one attached hydrogen (secondary N) is 1. The van der Waals surface area contributed by atoms with Crippen LogP contribution in [0.15, 0.2) is 45.8 Å². The molecule has 0 saturated carbocycles. The fourth-order valence-corrected chi connectivity index (χ4v) is 3.46. The van der Waals surface area contributed by atoms with Crippen LogP contribution in [0.1, 0.15) is 5.56 Å². The van der Waals surface area contributed by atoms with Gasteiger partial charge in [0.1, 0.15) is 10.7 Å². The average molecular weight is 359 g/mol. The van der Waals surface area contributed by atoms with Gasteiger partial charge < -0.3 is 5.73 Å². The maximum Gasteiger partial charge on any atom is 0.263 e. The summed E-state index contributed by atoms with van der Waals surface area (Å²) < 4.78 is 40.2. The van der Waals surface area contributed by atoms with Crippen molar-refractivity contribution in [1.82, 2.24) is 0 Å². The maximum absolute atomic E-state index is 13.0. The van der Waals surface area contributed by atoms with Crippen LogP contribution in [0.4, 0.5) is 15.8 Å². The monoisotopic (exact) mass is 358 g/mol. The summed E-state index contributed by atoms with van der Waals surface area (Å²) in [5, 5.41) is 0. The van der Waals surface area contributed by atoms with Crippen LogP contribution in [0.3, 0.4) is 0 Å². The molecule has 0 saturated heterocycles. The Bertz CT molecular complexity index is 763. The van der Waals surface area contributed by atoms with E-state index in [4.69, 9.17) is 5.73 Å². The lowest BCUT2D eigenvalue weighted by molar-refractivity contribution is 0.601. The van der Waals surface area contributed by atoms with Crippen LogP contribution in [0, 0.1) is 12.7 Å². The number of aryl methyl sites for hydroxylation is 1. The number of nitrogen functional groups attached to an aromatic ring is 1. The third-order valence-corrected chi connectivity index (χ3v) is 4.73. The first-order chi connectivity index (χ1) is 9.29. The normalized spacial score (nSPS) is 11.3. The van der Waals surface area contributed by atoms with Crippen molar-refractivity contribution in [1.29, 1.82) is 0 Å². The van der Waals surface area contributed by atoms with Gasteiger partial charge in [-0.05, 0) is 58.7 Å². The molecular formula is C13H12BrFN2O2S. The van der Waals surface area contributed by atoms with Crippen molar-refractivity contribution in [2.75, 3.05) is 10.5 Å². The third kappa shape index (κ3) is 3.10. The fraction of sp³-hybridized carbons (Fsp3) is 0.0769. The number of benzene rings is 2. The summed E-state index contributed by atoms with van der Waals surface area (Å²) in [7, 11) is -3.82. The highest BCUT2D eigenvalue weighted by atomic mass is 79.9. The predicted octanol–water partition coefficient (Wildman–Crippen LogP) is 3.28. The zero-order chi connectivity index (χ0) is 14.9. The molecule has 0 bridgehead atoms. The molecule has 0 atom stereocenters. The second-order valence-corrected chi connectivity index (χ2v) is 6.78. The van der Waals surface area contributed by atoms with Gasteiger partial charge in [0.15, 0.2) is 0 Å². The van der Waals surface area contributed by atoms with Gasteiger partial charge in [-0.2, -0.15) is 0 Å².